The van der Waals surface area contributed by atoms with Gasteiger partial charge in [-0.2, -0.15) is 0 Å². The van der Waals surface area contributed by atoms with Crippen LogP contribution in [0.15, 0.2) is 35.9 Å². The van der Waals surface area contributed by atoms with Gasteiger partial charge >= 0.3 is 0 Å². The van der Waals surface area contributed by atoms with Crippen LogP contribution in [0.25, 0.3) is 0 Å². The second-order valence-electron chi connectivity index (χ2n) is 6.91. The highest BCUT2D eigenvalue weighted by Crippen LogP contribution is 2.61. The van der Waals surface area contributed by atoms with E-state index in [1.54, 1.807) is 16.7 Å². The minimum absolute atomic E-state index is 0.328. The Morgan fingerprint density at radius 1 is 1.05 bits per heavy atom. The SMILES string of the molecule is NC(C1=CCCCCC1)C1C2CCc3ccccc3C21. The molecule has 0 aliphatic heterocycles. The molecule has 0 spiro atoms. The Kier molecular flexibility index (Phi) is 3.18. The van der Waals surface area contributed by atoms with Crippen molar-refractivity contribution < 1.29 is 0 Å². The van der Waals surface area contributed by atoms with Gasteiger partial charge in [0.05, 0.1) is 0 Å². The van der Waals surface area contributed by atoms with Gasteiger partial charge in [-0.25, -0.2) is 0 Å². The van der Waals surface area contributed by atoms with Gasteiger partial charge in [0.1, 0.15) is 0 Å². The quantitative estimate of drug-likeness (QED) is 0.799. The highest BCUT2D eigenvalue weighted by molar-refractivity contribution is 5.41. The first kappa shape index (κ1) is 12.6. The molecule has 0 aromatic heterocycles. The number of allylic oxidation sites excluding steroid dienone is 1. The van der Waals surface area contributed by atoms with Crippen molar-refractivity contribution in [2.75, 3.05) is 0 Å². The summed E-state index contributed by atoms with van der Waals surface area (Å²) in [4.78, 5) is 0. The third kappa shape index (κ3) is 2.03. The maximum Gasteiger partial charge on any atom is 0.0291 e. The minimum Gasteiger partial charge on any atom is -0.324 e. The summed E-state index contributed by atoms with van der Waals surface area (Å²) in [6.45, 7) is 0. The predicted octanol–water partition coefficient (Wildman–Crippen LogP) is 4.18. The molecule has 1 heteroatoms. The minimum atomic E-state index is 0.328. The third-order valence-corrected chi connectivity index (χ3v) is 5.81. The van der Waals surface area contributed by atoms with E-state index in [9.17, 15) is 0 Å². The molecule has 0 radical (unpaired) electrons. The average molecular weight is 267 g/mol. The van der Waals surface area contributed by atoms with Crippen LogP contribution in [0.2, 0.25) is 0 Å². The summed E-state index contributed by atoms with van der Waals surface area (Å²) in [7, 11) is 0. The zero-order valence-electron chi connectivity index (χ0n) is 12.2. The van der Waals surface area contributed by atoms with Crippen LogP contribution in [0.4, 0.5) is 0 Å². The van der Waals surface area contributed by atoms with Crippen molar-refractivity contribution in [3.8, 4) is 0 Å². The van der Waals surface area contributed by atoms with Crippen LogP contribution in [0.5, 0.6) is 0 Å². The normalized spacial score (nSPS) is 33.5. The lowest BCUT2D eigenvalue weighted by molar-refractivity contribution is 0.564. The topological polar surface area (TPSA) is 26.0 Å². The number of fused-ring (bicyclic) bond motifs is 3. The molecule has 20 heavy (non-hydrogen) atoms. The van der Waals surface area contributed by atoms with Crippen molar-refractivity contribution in [1.82, 2.24) is 0 Å². The van der Waals surface area contributed by atoms with Gasteiger partial charge in [-0.15, -0.1) is 0 Å². The fourth-order valence-electron chi connectivity index (χ4n) is 4.70. The molecule has 4 rings (SSSR count). The van der Waals surface area contributed by atoms with Gasteiger partial charge in [0.2, 0.25) is 0 Å². The fourth-order valence-corrected chi connectivity index (χ4v) is 4.70. The summed E-state index contributed by atoms with van der Waals surface area (Å²) < 4.78 is 0. The number of hydrogen-bond donors (Lipinski definition) is 1. The molecular formula is C19H25N. The van der Waals surface area contributed by atoms with Crippen LogP contribution in [0, 0.1) is 11.8 Å². The van der Waals surface area contributed by atoms with Gasteiger partial charge in [0.15, 0.2) is 0 Å². The number of nitrogens with two attached hydrogens (primary N) is 1. The van der Waals surface area contributed by atoms with E-state index >= 15 is 0 Å². The van der Waals surface area contributed by atoms with Crippen LogP contribution in [-0.4, -0.2) is 6.04 Å². The molecule has 0 heterocycles. The maximum absolute atomic E-state index is 6.67. The first-order valence-corrected chi connectivity index (χ1v) is 8.38. The van der Waals surface area contributed by atoms with Gasteiger partial charge in [-0.3, -0.25) is 0 Å². The zero-order valence-corrected chi connectivity index (χ0v) is 12.2. The highest BCUT2D eigenvalue weighted by Gasteiger charge is 2.55. The lowest BCUT2D eigenvalue weighted by atomic mass is 9.92. The Balaban J connectivity index is 1.56. The molecule has 3 aliphatic carbocycles. The van der Waals surface area contributed by atoms with Gasteiger partial charge in [-0.1, -0.05) is 42.3 Å². The molecule has 0 saturated heterocycles. The van der Waals surface area contributed by atoms with E-state index in [-0.39, 0.29) is 0 Å². The molecule has 1 aromatic carbocycles. The summed E-state index contributed by atoms with van der Waals surface area (Å²) in [6.07, 6.45) is 11.7. The summed E-state index contributed by atoms with van der Waals surface area (Å²) in [6, 6.07) is 9.38. The van der Waals surface area contributed by atoms with E-state index in [1.807, 2.05) is 0 Å². The van der Waals surface area contributed by atoms with Crippen molar-refractivity contribution >= 4 is 0 Å². The molecule has 106 valence electrons. The van der Waals surface area contributed by atoms with Crippen molar-refractivity contribution in [3.63, 3.8) is 0 Å². The first-order chi connectivity index (χ1) is 9.86. The Hall–Kier alpha value is -1.08. The van der Waals surface area contributed by atoms with Crippen LogP contribution in [-0.2, 0) is 6.42 Å². The summed E-state index contributed by atoms with van der Waals surface area (Å²) >= 11 is 0. The molecule has 3 aliphatic rings. The van der Waals surface area contributed by atoms with Gasteiger partial charge < -0.3 is 5.73 Å². The summed E-state index contributed by atoms with van der Waals surface area (Å²) in [5.41, 5.74) is 11.4. The zero-order chi connectivity index (χ0) is 13.5. The molecule has 1 saturated carbocycles. The molecular weight excluding hydrogens is 242 g/mol. The highest BCUT2D eigenvalue weighted by atomic mass is 14.7. The average Bonchev–Trinajstić information content (AvgIpc) is 3.26. The van der Waals surface area contributed by atoms with E-state index in [0.29, 0.717) is 6.04 Å². The molecule has 4 atom stereocenters. The van der Waals surface area contributed by atoms with Crippen molar-refractivity contribution in [3.05, 3.63) is 47.0 Å². The second-order valence-corrected chi connectivity index (χ2v) is 6.91. The largest absolute Gasteiger partial charge is 0.324 e. The maximum atomic E-state index is 6.67. The number of rotatable bonds is 2. The Bertz CT molecular complexity index is 530. The summed E-state index contributed by atoms with van der Waals surface area (Å²) in [5.74, 6) is 2.35. The first-order valence-electron chi connectivity index (χ1n) is 8.38. The molecule has 1 aromatic rings. The fraction of sp³-hybridized carbons (Fsp3) is 0.579. The predicted molar refractivity (Wildman–Crippen MR) is 83.6 cm³/mol. The van der Waals surface area contributed by atoms with Crippen molar-refractivity contribution in [2.45, 2.75) is 56.9 Å². The lowest BCUT2D eigenvalue weighted by Crippen LogP contribution is -2.26. The molecule has 1 nitrogen and oxygen atoms in total. The van der Waals surface area contributed by atoms with E-state index < -0.39 is 0 Å². The van der Waals surface area contributed by atoms with Crippen LogP contribution >= 0.6 is 0 Å². The van der Waals surface area contributed by atoms with E-state index in [0.717, 1.165) is 17.8 Å². The van der Waals surface area contributed by atoms with Crippen LogP contribution in [0.1, 0.15) is 55.6 Å². The summed E-state index contributed by atoms with van der Waals surface area (Å²) in [5, 5.41) is 0. The van der Waals surface area contributed by atoms with Gasteiger partial charge in [-0.05, 0) is 67.4 Å². The monoisotopic (exact) mass is 267 g/mol. The molecule has 1 fully saturated rings. The van der Waals surface area contributed by atoms with E-state index in [1.165, 1.54) is 44.9 Å². The van der Waals surface area contributed by atoms with Crippen LogP contribution in [0.3, 0.4) is 0 Å². The van der Waals surface area contributed by atoms with E-state index in [2.05, 4.69) is 30.3 Å². The lowest BCUT2D eigenvalue weighted by Gasteiger charge is -2.16. The smallest absolute Gasteiger partial charge is 0.0291 e. The molecule has 0 bridgehead atoms. The second kappa shape index (κ2) is 5.04. The van der Waals surface area contributed by atoms with Crippen LogP contribution < -0.4 is 5.73 Å². The Morgan fingerprint density at radius 2 is 1.95 bits per heavy atom. The Labute approximate surface area is 122 Å². The third-order valence-electron chi connectivity index (χ3n) is 5.81. The molecule has 2 N–H and O–H groups in total. The number of benzene rings is 1. The van der Waals surface area contributed by atoms with Gasteiger partial charge in [0.25, 0.3) is 0 Å². The molecule has 4 unspecified atom stereocenters. The number of hydrogen-bond acceptors (Lipinski definition) is 1. The van der Waals surface area contributed by atoms with Crippen molar-refractivity contribution in [1.29, 1.82) is 0 Å². The van der Waals surface area contributed by atoms with E-state index in [4.69, 9.17) is 5.73 Å². The number of aryl methyl sites for hydroxylation is 1. The van der Waals surface area contributed by atoms with Gasteiger partial charge in [0, 0.05) is 6.04 Å². The van der Waals surface area contributed by atoms with Crippen molar-refractivity contribution in [2.24, 2.45) is 17.6 Å². The standard InChI is InChI=1S/C19H25N/c20-19(14-8-3-1-2-4-9-14)18-16-12-11-13-7-5-6-10-15(13)17(16)18/h5-8,10,16-19H,1-4,9,11-12,20H2. The Morgan fingerprint density at radius 3 is 2.90 bits per heavy atom. The molecule has 0 amide bonds.